The molecule has 154 valence electrons. The highest BCUT2D eigenvalue weighted by Gasteiger charge is 2.25. The second-order valence-electron chi connectivity index (χ2n) is 5.94. The van der Waals surface area contributed by atoms with E-state index in [0.29, 0.717) is 13.2 Å². The number of aromatic nitrogens is 1. The smallest absolute Gasteiger partial charge is 0.255 e. The van der Waals surface area contributed by atoms with Crippen molar-refractivity contribution in [1.82, 2.24) is 0 Å². The van der Waals surface area contributed by atoms with Crippen molar-refractivity contribution >= 4 is 23.5 Å². The van der Waals surface area contributed by atoms with Gasteiger partial charge in [0.25, 0.3) is 5.03 Å². The van der Waals surface area contributed by atoms with E-state index < -0.39 is 0 Å². The Morgan fingerprint density at radius 2 is 1.41 bits per heavy atom. The molecule has 1 heterocycles. The van der Waals surface area contributed by atoms with Crippen molar-refractivity contribution in [2.45, 2.75) is 30.1 Å². The number of pyridine rings is 1. The average Bonchev–Trinajstić information content (AvgIpc) is 2.75. The van der Waals surface area contributed by atoms with Crippen LogP contribution in [0.15, 0.2) is 88.9 Å². The minimum absolute atomic E-state index is 0. The molecule has 6 heteroatoms. The molecule has 0 bridgehead atoms. The standard InChI is InChI=1S/C23H26NO2S2.ClH/c1-3-25-23(26-4-2)21-16-11-17-24(19-12-7-5-8-13-19)22(21)28-18-27-20-14-9-6-10-15-20;/h5-17,23H,3-4,18H2,1-2H3;1H/q+1;/p-1. The zero-order chi connectivity index (χ0) is 19.6. The van der Waals surface area contributed by atoms with Crippen molar-refractivity contribution < 1.29 is 26.4 Å². The molecular weight excluding hydrogens is 422 g/mol. The van der Waals surface area contributed by atoms with E-state index in [4.69, 9.17) is 9.47 Å². The molecule has 0 fully saturated rings. The molecule has 0 aliphatic heterocycles. The van der Waals surface area contributed by atoms with Gasteiger partial charge in [0.05, 0.1) is 10.6 Å². The minimum atomic E-state index is -0.365. The van der Waals surface area contributed by atoms with Crippen LogP contribution < -0.4 is 17.0 Å². The highest BCUT2D eigenvalue weighted by Crippen LogP contribution is 2.32. The fraction of sp³-hybridized carbons (Fsp3) is 0.261. The van der Waals surface area contributed by atoms with E-state index in [1.807, 2.05) is 49.5 Å². The lowest BCUT2D eigenvalue weighted by atomic mass is 10.2. The fourth-order valence-electron chi connectivity index (χ4n) is 2.84. The zero-order valence-corrected chi connectivity index (χ0v) is 19.1. The monoisotopic (exact) mass is 447 g/mol. The van der Waals surface area contributed by atoms with Crippen LogP contribution in [0.4, 0.5) is 0 Å². The Balaban J connectivity index is 0.00000300. The van der Waals surface area contributed by atoms with Crippen LogP contribution in [0.25, 0.3) is 5.69 Å². The van der Waals surface area contributed by atoms with Gasteiger partial charge in [0.2, 0.25) is 5.69 Å². The van der Waals surface area contributed by atoms with Gasteiger partial charge < -0.3 is 21.9 Å². The van der Waals surface area contributed by atoms with Crippen LogP contribution in [0.2, 0.25) is 0 Å². The van der Waals surface area contributed by atoms with Gasteiger partial charge in [0.1, 0.15) is 0 Å². The Labute approximate surface area is 188 Å². The molecule has 0 radical (unpaired) electrons. The molecule has 0 saturated heterocycles. The highest BCUT2D eigenvalue weighted by molar-refractivity contribution is 8.15. The maximum absolute atomic E-state index is 5.91. The van der Waals surface area contributed by atoms with Crippen LogP contribution >= 0.6 is 23.5 Å². The molecule has 2 aromatic carbocycles. The van der Waals surface area contributed by atoms with Crippen molar-refractivity contribution in [3.8, 4) is 5.69 Å². The molecule has 0 atom stereocenters. The van der Waals surface area contributed by atoms with Gasteiger partial charge in [0, 0.05) is 36.3 Å². The van der Waals surface area contributed by atoms with Crippen molar-refractivity contribution in [3.05, 3.63) is 84.6 Å². The van der Waals surface area contributed by atoms with Crippen LogP contribution in [0.3, 0.4) is 0 Å². The van der Waals surface area contributed by atoms with Gasteiger partial charge in [0.15, 0.2) is 12.5 Å². The minimum Gasteiger partial charge on any atom is -1.00 e. The molecule has 29 heavy (non-hydrogen) atoms. The van der Waals surface area contributed by atoms with E-state index in [1.165, 1.54) is 4.90 Å². The van der Waals surface area contributed by atoms with Crippen LogP contribution in [-0.2, 0) is 9.47 Å². The zero-order valence-electron chi connectivity index (χ0n) is 16.7. The fourth-order valence-corrected chi connectivity index (χ4v) is 5.05. The van der Waals surface area contributed by atoms with E-state index >= 15 is 0 Å². The average molecular weight is 448 g/mol. The van der Waals surface area contributed by atoms with Gasteiger partial charge in [-0.15, -0.1) is 11.8 Å². The summed E-state index contributed by atoms with van der Waals surface area (Å²) in [6.45, 7) is 5.21. The second kappa shape index (κ2) is 12.9. The summed E-state index contributed by atoms with van der Waals surface area (Å²) in [6, 6.07) is 25.0. The van der Waals surface area contributed by atoms with Gasteiger partial charge in [-0.25, -0.2) is 0 Å². The second-order valence-corrected chi connectivity index (χ2v) is 8.31. The summed E-state index contributed by atoms with van der Waals surface area (Å²) in [5, 5.41) is 2.04. The summed E-state index contributed by atoms with van der Waals surface area (Å²) in [4.78, 5) is 1.27. The van der Waals surface area contributed by atoms with Gasteiger partial charge in [-0.3, -0.25) is 0 Å². The van der Waals surface area contributed by atoms with E-state index in [1.54, 1.807) is 0 Å². The quantitative estimate of drug-likeness (QED) is 0.271. The van der Waals surface area contributed by atoms with Crippen molar-refractivity contribution in [2.75, 3.05) is 18.3 Å². The number of benzene rings is 2. The lowest BCUT2D eigenvalue weighted by Gasteiger charge is -2.18. The Hall–Kier alpha value is -1.50. The molecule has 0 aliphatic carbocycles. The predicted molar refractivity (Wildman–Crippen MR) is 117 cm³/mol. The highest BCUT2D eigenvalue weighted by atomic mass is 35.5. The summed E-state index contributed by atoms with van der Waals surface area (Å²) in [6.07, 6.45) is 1.74. The molecule has 3 aromatic rings. The molecule has 0 unspecified atom stereocenters. The van der Waals surface area contributed by atoms with E-state index in [2.05, 4.69) is 71.4 Å². The number of hydrogen-bond acceptors (Lipinski definition) is 4. The van der Waals surface area contributed by atoms with Gasteiger partial charge in [-0.05, 0) is 43.8 Å². The normalized spacial score (nSPS) is 10.7. The Kier molecular flexibility index (Phi) is 10.6. The maximum atomic E-state index is 5.91. The maximum Gasteiger partial charge on any atom is 0.255 e. The Bertz CT molecular complexity index is 844. The SMILES string of the molecule is CCOC(OCC)c1ccc[n+](-c2ccccc2)c1SCSc1ccccc1.[Cl-]. The number of halogens is 1. The van der Waals surface area contributed by atoms with E-state index in [9.17, 15) is 0 Å². The lowest BCUT2D eigenvalue weighted by Crippen LogP contribution is -3.00. The van der Waals surface area contributed by atoms with Gasteiger partial charge in [-0.1, -0.05) is 36.4 Å². The number of hydrogen-bond donors (Lipinski definition) is 0. The number of thioether (sulfide) groups is 2. The summed E-state index contributed by atoms with van der Waals surface area (Å²) in [7, 11) is 0. The summed E-state index contributed by atoms with van der Waals surface area (Å²) < 4.78 is 14.0. The molecule has 0 saturated carbocycles. The Morgan fingerprint density at radius 3 is 2.03 bits per heavy atom. The third-order valence-corrected chi connectivity index (χ3v) is 6.32. The number of ether oxygens (including phenoxy) is 2. The summed E-state index contributed by atoms with van der Waals surface area (Å²) in [5.74, 6) is 0. The number of para-hydroxylation sites is 1. The largest absolute Gasteiger partial charge is 1.00 e. The van der Waals surface area contributed by atoms with Gasteiger partial charge >= 0.3 is 0 Å². The molecule has 3 nitrogen and oxygen atoms in total. The lowest BCUT2D eigenvalue weighted by molar-refractivity contribution is -0.637. The van der Waals surface area contributed by atoms with Crippen LogP contribution in [-0.4, -0.2) is 18.3 Å². The molecule has 3 rings (SSSR count). The molecule has 0 aliphatic rings. The third kappa shape index (κ3) is 6.76. The number of rotatable bonds is 10. The topological polar surface area (TPSA) is 22.3 Å². The first kappa shape index (κ1) is 23.8. The first-order chi connectivity index (χ1) is 13.8. The predicted octanol–water partition coefficient (Wildman–Crippen LogP) is 2.88. The summed E-state index contributed by atoms with van der Waals surface area (Å²) in [5.41, 5.74) is 2.19. The molecule has 0 amide bonds. The molecule has 0 spiro atoms. The molecule has 1 aromatic heterocycles. The first-order valence-corrected chi connectivity index (χ1v) is 11.4. The van der Waals surface area contributed by atoms with Gasteiger partial charge in [-0.2, -0.15) is 4.57 Å². The summed E-state index contributed by atoms with van der Waals surface area (Å²) >= 11 is 3.64. The number of nitrogens with zero attached hydrogens (tertiary/aromatic N) is 1. The first-order valence-electron chi connectivity index (χ1n) is 9.47. The third-order valence-electron chi connectivity index (χ3n) is 4.07. The van der Waals surface area contributed by atoms with Crippen LogP contribution in [0.5, 0.6) is 0 Å². The van der Waals surface area contributed by atoms with E-state index in [-0.39, 0.29) is 18.7 Å². The van der Waals surface area contributed by atoms with Crippen LogP contribution in [0, 0.1) is 0 Å². The van der Waals surface area contributed by atoms with E-state index in [0.717, 1.165) is 21.4 Å². The Morgan fingerprint density at radius 1 is 0.793 bits per heavy atom. The van der Waals surface area contributed by atoms with Crippen LogP contribution in [0.1, 0.15) is 25.7 Å². The molecule has 0 N–H and O–H groups in total. The van der Waals surface area contributed by atoms with Crippen molar-refractivity contribution in [1.29, 1.82) is 0 Å². The van der Waals surface area contributed by atoms with Crippen molar-refractivity contribution in [3.63, 3.8) is 0 Å². The molecular formula is C23H26ClNO2S2. The van der Waals surface area contributed by atoms with Crippen molar-refractivity contribution in [2.24, 2.45) is 0 Å².